The van der Waals surface area contributed by atoms with Crippen LogP contribution in [0.3, 0.4) is 0 Å². The van der Waals surface area contributed by atoms with Crippen molar-refractivity contribution in [1.82, 2.24) is 4.90 Å². The summed E-state index contributed by atoms with van der Waals surface area (Å²) in [6, 6.07) is 6.85. The number of nitrogens with zero attached hydrogens (tertiary/aromatic N) is 1. The van der Waals surface area contributed by atoms with Crippen LogP contribution in [0, 0.1) is 12.3 Å². The third-order valence-corrected chi connectivity index (χ3v) is 2.44. The molecule has 0 aliphatic rings. The van der Waals surface area contributed by atoms with E-state index in [4.69, 9.17) is 15.9 Å². The van der Waals surface area contributed by atoms with Crippen LogP contribution < -0.4 is 10.1 Å². The minimum atomic E-state index is -0.441. The van der Waals surface area contributed by atoms with E-state index in [0.717, 1.165) is 0 Å². The number of anilines is 1. The molecule has 2 unspecified atom stereocenters. The van der Waals surface area contributed by atoms with E-state index in [1.807, 2.05) is 0 Å². The molecule has 0 spiro atoms. The molecule has 1 aromatic rings. The van der Waals surface area contributed by atoms with Gasteiger partial charge in [0.25, 0.3) is 0 Å². The highest BCUT2D eigenvalue weighted by Crippen LogP contribution is 2.17. The van der Waals surface area contributed by atoms with Crippen LogP contribution in [0.5, 0.6) is 5.75 Å². The fourth-order valence-electron chi connectivity index (χ4n) is 1.40. The van der Waals surface area contributed by atoms with Crippen molar-refractivity contribution in [1.29, 1.82) is 0 Å². The average molecular weight is 276 g/mol. The van der Waals surface area contributed by atoms with E-state index < -0.39 is 6.29 Å². The molecule has 0 radical (unpaired) electrons. The third kappa shape index (κ3) is 5.21. The lowest BCUT2D eigenvalue weighted by Crippen LogP contribution is -2.27. The van der Waals surface area contributed by atoms with Crippen molar-refractivity contribution in [3.8, 4) is 18.1 Å². The Hall–Kier alpha value is -2.19. The third-order valence-electron chi connectivity index (χ3n) is 2.44. The van der Waals surface area contributed by atoms with Crippen molar-refractivity contribution in [2.45, 2.75) is 26.2 Å². The Balaban J connectivity index is 2.54. The van der Waals surface area contributed by atoms with Crippen molar-refractivity contribution >= 4 is 11.7 Å². The van der Waals surface area contributed by atoms with Gasteiger partial charge in [-0.1, -0.05) is 5.92 Å². The molecule has 0 aliphatic heterocycles. The molecule has 0 fully saturated rings. The van der Waals surface area contributed by atoms with Gasteiger partial charge in [0.05, 0.1) is 0 Å². The Morgan fingerprint density at radius 2 is 1.90 bits per heavy atom. The number of hydrogen-bond donors (Lipinski definition) is 1. The van der Waals surface area contributed by atoms with Crippen LogP contribution in [-0.2, 0) is 4.74 Å². The molecule has 1 N–H and O–H groups in total. The Bertz CT molecular complexity index is 477. The van der Waals surface area contributed by atoms with Gasteiger partial charge in [0.15, 0.2) is 6.29 Å². The molecule has 1 aromatic carbocycles. The molecule has 0 saturated heterocycles. The standard InChI is InChI=1S/C15H20N2O3/c1-6-11(2)19-12(3)20-14-9-7-13(8-10-14)16-15(18)17(4)5/h1,7-12H,2-5H3,(H,16,18). The van der Waals surface area contributed by atoms with Crippen molar-refractivity contribution in [3.63, 3.8) is 0 Å². The van der Waals surface area contributed by atoms with Gasteiger partial charge in [0, 0.05) is 19.8 Å². The smallest absolute Gasteiger partial charge is 0.321 e. The number of amides is 2. The summed E-state index contributed by atoms with van der Waals surface area (Å²) in [5, 5.41) is 2.74. The zero-order valence-electron chi connectivity index (χ0n) is 12.2. The SMILES string of the molecule is C#CC(C)OC(C)Oc1ccc(NC(=O)N(C)C)cc1. The highest BCUT2D eigenvalue weighted by molar-refractivity contribution is 5.88. The molecule has 1 rings (SSSR count). The lowest BCUT2D eigenvalue weighted by molar-refractivity contribution is -0.0831. The first-order valence-corrected chi connectivity index (χ1v) is 6.29. The fraction of sp³-hybridized carbons (Fsp3) is 0.400. The van der Waals surface area contributed by atoms with E-state index in [1.165, 1.54) is 4.90 Å². The summed E-state index contributed by atoms with van der Waals surface area (Å²) in [5.74, 6) is 3.11. The van der Waals surface area contributed by atoms with Crippen molar-refractivity contribution < 1.29 is 14.3 Å². The molecular formula is C15H20N2O3. The molecule has 0 heterocycles. The van der Waals surface area contributed by atoms with Gasteiger partial charge in [-0.05, 0) is 38.1 Å². The van der Waals surface area contributed by atoms with Crippen molar-refractivity contribution in [2.75, 3.05) is 19.4 Å². The number of benzene rings is 1. The van der Waals surface area contributed by atoms with Crippen molar-refractivity contribution in [3.05, 3.63) is 24.3 Å². The lowest BCUT2D eigenvalue weighted by Gasteiger charge is -2.17. The minimum Gasteiger partial charge on any atom is -0.465 e. The van der Waals surface area contributed by atoms with Crippen LogP contribution in [0.15, 0.2) is 24.3 Å². The predicted octanol–water partition coefficient (Wildman–Crippen LogP) is 2.54. The number of carbonyl (C=O) groups excluding carboxylic acids is 1. The molecule has 0 aliphatic carbocycles. The molecular weight excluding hydrogens is 256 g/mol. The normalized spacial score (nSPS) is 12.9. The average Bonchev–Trinajstić information content (AvgIpc) is 2.40. The van der Waals surface area contributed by atoms with Crippen LogP contribution in [-0.4, -0.2) is 37.4 Å². The topological polar surface area (TPSA) is 50.8 Å². The van der Waals surface area contributed by atoms with E-state index in [9.17, 15) is 4.79 Å². The summed E-state index contributed by atoms with van der Waals surface area (Å²) >= 11 is 0. The number of terminal acetylenes is 1. The maximum atomic E-state index is 11.5. The quantitative estimate of drug-likeness (QED) is 0.664. The Labute approximate surface area is 119 Å². The Kier molecular flexibility index (Phi) is 5.88. The highest BCUT2D eigenvalue weighted by atomic mass is 16.7. The van der Waals surface area contributed by atoms with Crippen LogP contribution in [0.1, 0.15) is 13.8 Å². The first kappa shape index (κ1) is 15.9. The fourth-order valence-corrected chi connectivity index (χ4v) is 1.40. The number of ether oxygens (including phenoxy) is 2. The van der Waals surface area contributed by atoms with Gasteiger partial charge < -0.3 is 19.7 Å². The number of carbonyl (C=O) groups is 1. The van der Waals surface area contributed by atoms with Crippen molar-refractivity contribution in [2.24, 2.45) is 0 Å². The van der Waals surface area contributed by atoms with E-state index in [-0.39, 0.29) is 12.1 Å². The molecule has 0 aromatic heterocycles. The minimum absolute atomic E-state index is 0.182. The molecule has 5 nitrogen and oxygen atoms in total. The molecule has 0 bridgehead atoms. The first-order valence-electron chi connectivity index (χ1n) is 6.29. The van der Waals surface area contributed by atoms with Gasteiger partial charge in [0.2, 0.25) is 0 Å². The Morgan fingerprint density at radius 3 is 2.40 bits per heavy atom. The largest absolute Gasteiger partial charge is 0.465 e. The molecule has 2 amide bonds. The summed E-state index contributed by atoms with van der Waals surface area (Å²) in [6.07, 6.45) is 4.49. The summed E-state index contributed by atoms with van der Waals surface area (Å²) < 4.78 is 10.9. The number of hydrogen-bond acceptors (Lipinski definition) is 3. The van der Waals surface area contributed by atoms with E-state index in [1.54, 1.807) is 52.2 Å². The second kappa shape index (κ2) is 7.41. The second-order valence-corrected chi connectivity index (χ2v) is 4.48. The van der Waals surface area contributed by atoms with Gasteiger partial charge in [-0.2, -0.15) is 0 Å². The van der Waals surface area contributed by atoms with E-state index in [2.05, 4.69) is 11.2 Å². The van der Waals surface area contributed by atoms with E-state index >= 15 is 0 Å². The van der Waals surface area contributed by atoms with E-state index in [0.29, 0.717) is 11.4 Å². The molecule has 108 valence electrons. The molecule has 5 heteroatoms. The second-order valence-electron chi connectivity index (χ2n) is 4.48. The number of rotatable bonds is 5. The highest BCUT2D eigenvalue weighted by Gasteiger charge is 2.08. The Morgan fingerprint density at radius 1 is 1.30 bits per heavy atom. The zero-order chi connectivity index (χ0) is 15.1. The van der Waals surface area contributed by atoms with Crippen LogP contribution in [0.4, 0.5) is 10.5 Å². The zero-order valence-corrected chi connectivity index (χ0v) is 12.2. The van der Waals surface area contributed by atoms with Crippen LogP contribution in [0.2, 0.25) is 0 Å². The summed E-state index contributed by atoms with van der Waals surface area (Å²) in [6.45, 7) is 3.55. The summed E-state index contributed by atoms with van der Waals surface area (Å²) in [4.78, 5) is 12.9. The molecule has 20 heavy (non-hydrogen) atoms. The van der Waals surface area contributed by atoms with Gasteiger partial charge in [0.1, 0.15) is 11.9 Å². The summed E-state index contributed by atoms with van der Waals surface area (Å²) in [7, 11) is 3.36. The first-order chi connectivity index (χ1) is 9.42. The molecule has 0 saturated carbocycles. The van der Waals surface area contributed by atoms with Gasteiger partial charge in [-0.15, -0.1) is 6.42 Å². The maximum absolute atomic E-state index is 11.5. The number of urea groups is 1. The molecule has 2 atom stereocenters. The predicted molar refractivity (Wildman–Crippen MR) is 78.6 cm³/mol. The summed E-state index contributed by atoms with van der Waals surface area (Å²) in [5.41, 5.74) is 0.696. The lowest BCUT2D eigenvalue weighted by atomic mass is 10.3. The maximum Gasteiger partial charge on any atom is 0.321 e. The van der Waals surface area contributed by atoms with Crippen LogP contribution in [0.25, 0.3) is 0 Å². The monoisotopic (exact) mass is 276 g/mol. The van der Waals surface area contributed by atoms with Crippen LogP contribution >= 0.6 is 0 Å². The van der Waals surface area contributed by atoms with Gasteiger partial charge >= 0.3 is 6.03 Å². The number of nitrogens with one attached hydrogen (secondary N) is 1. The van der Waals surface area contributed by atoms with Gasteiger partial charge in [-0.3, -0.25) is 0 Å². The van der Waals surface area contributed by atoms with Gasteiger partial charge in [-0.25, -0.2) is 4.79 Å².